The molecule has 0 spiro atoms. The molecule has 9 aromatic carbocycles. The van der Waals surface area contributed by atoms with E-state index in [0.29, 0.717) is 10.6 Å². The first-order valence-electron chi connectivity index (χ1n) is 20.2. The highest BCUT2D eigenvalue weighted by Gasteiger charge is 2.43. The summed E-state index contributed by atoms with van der Waals surface area (Å²) >= 11 is 0. The van der Waals surface area contributed by atoms with Gasteiger partial charge in [0.15, 0.2) is 14.3 Å². The lowest BCUT2D eigenvalue weighted by atomic mass is 10.1. The molecule has 11 aromatic rings. The van der Waals surface area contributed by atoms with E-state index in [1.807, 2.05) is 158 Å². The van der Waals surface area contributed by atoms with Crippen LogP contribution in [0.4, 0.5) is 0 Å². The molecule has 0 amide bonds. The van der Waals surface area contributed by atoms with Crippen LogP contribution in [-0.4, -0.2) is 9.13 Å². The first-order chi connectivity index (χ1) is 29.6. The van der Waals surface area contributed by atoms with Gasteiger partial charge in [-0.1, -0.05) is 194 Å². The molecule has 0 bridgehead atoms. The van der Waals surface area contributed by atoms with Gasteiger partial charge in [0.05, 0.1) is 32.7 Å². The summed E-state index contributed by atoms with van der Waals surface area (Å²) in [6, 6.07) is 77.2. The van der Waals surface area contributed by atoms with Crippen LogP contribution in [0.1, 0.15) is 0 Å². The van der Waals surface area contributed by atoms with Gasteiger partial charge in [0.1, 0.15) is 0 Å². The third kappa shape index (κ3) is 5.32. The third-order valence-electron chi connectivity index (χ3n) is 11.8. The number of rotatable bonds is 8. The average Bonchev–Trinajstić information content (AvgIpc) is 3.85. The van der Waals surface area contributed by atoms with E-state index in [4.69, 9.17) is 0 Å². The van der Waals surface area contributed by atoms with Gasteiger partial charge in [0.25, 0.3) is 0 Å². The van der Waals surface area contributed by atoms with Crippen LogP contribution in [0.3, 0.4) is 0 Å². The molecule has 2 aromatic heterocycles. The highest BCUT2D eigenvalue weighted by Crippen LogP contribution is 2.55. The van der Waals surface area contributed by atoms with E-state index < -0.39 is 14.3 Å². The Kier molecular flexibility index (Phi) is 8.67. The summed E-state index contributed by atoms with van der Waals surface area (Å²) in [6.07, 6.45) is 0. The first-order valence-corrected chi connectivity index (χ1v) is 23.6. The molecule has 4 nitrogen and oxygen atoms in total. The SMILES string of the molecule is O=P(c1ccccc1)(c1ccccc1)c1c2c3ccccc3n(-c3ccccc3)c2c(P(=O)(c2ccccc2)c2ccccc2)c2c3ccccc3n(-c3ccccc3)c12. The quantitative estimate of drug-likeness (QED) is 0.144. The summed E-state index contributed by atoms with van der Waals surface area (Å²) in [5.74, 6) is 0. The van der Waals surface area contributed by atoms with Gasteiger partial charge in [-0.25, -0.2) is 0 Å². The molecule has 0 fully saturated rings. The molecule has 0 aliphatic rings. The first kappa shape index (κ1) is 36.1. The molecule has 2 heterocycles. The van der Waals surface area contributed by atoms with Gasteiger partial charge in [0.2, 0.25) is 0 Å². The fourth-order valence-electron chi connectivity index (χ4n) is 9.31. The second kappa shape index (κ2) is 14.4. The molecule has 0 unspecified atom stereocenters. The number of benzene rings is 9. The van der Waals surface area contributed by atoms with Crippen molar-refractivity contribution in [2.24, 2.45) is 0 Å². The lowest BCUT2D eigenvalue weighted by Crippen LogP contribution is -2.32. The van der Waals surface area contributed by atoms with Crippen LogP contribution >= 0.6 is 14.3 Å². The van der Waals surface area contributed by atoms with Crippen LogP contribution < -0.4 is 31.8 Å². The highest BCUT2D eigenvalue weighted by molar-refractivity contribution is 7.87. The molecule has 11 rings (SSSR count). The smallest absolute Gasteiger partial charge is 0.173 e. The molecule has 0 aliphatic heterocycles. The van der Waals surface area contributed by atoms with Crippen molar-refractivity contribution in [3.8, 4) is 11.4 Å². The minimum atomic E-state index is -3.79. The van der Waals surface area contributed by atoms with Crippen molar-refractivity contribution in [3.05, 3.63) is 231 Å². The predicted octanol–water partition coefficient (Wildman–Crippen LogP) is 11.2. The Hall–Kier alpha value is -6.96. The van der Waals surface area contributed by atoms with Crippen LogP contribution in [-0.2, 0) is 9.13 Å². The van der Waals surface area contributed by atoms with Crippen molar-refractivity contribution in [2.45, 2.75) is 0 Å². The van der Waals surface area contributed by atoms with Crippen LogP contribution in [0.5, 0.6) is 0 Å². The molecule has 0 radical (unpaired) electrons. The monoisotopic (exact) mass is 808 g/mol. The maximum atomic E-state index is 17.5. The number of nitrogens with zero attached hydrogens (tertiary/aromatic N) is 2. The second-order valence-electron chi connectivity index (χ2n) is 15.1. The van der Waals surface area contributed by atoms with Gasteiger partial charge in [0, 0.05) is 54.1 Å². The predicted molar refractivity (Wildman–Crippen MR) is 254 cm³/mol. The normalized spacial score (nSPS) is 12.1. The molecule has 0 N–H and O–H groups in total. The zero-order chi connectivity index (χ0) is 40.3. The lowest BCUT2D eigenvalue weighted by Gasteiger charge is -2.28. The standard InChI is InChI=1S/C54H38N2O2P2/c57-59(41-27-11-3-12-28-41,42-29-13-4-14-30-42)53-50-46-36-20-22-38-48(46)56(40-25-9-2-10-26-40)52(50)54(60(58,43-31-15-5-16-32-43)44-33-17-6-18-34-44)49-45-35-19-21-37-47(45)55(51(49)53)39-23-7-1-8-24-39/h1-38H. The van der Waals surface area contributed by atoms with E-state index in [0.717, 1.165) is 76.2 Å². The molecule has 0 aliphatic carbocycles. The van der Waals surface area contributed by atoms with Crippen LogP contribution in [0.15, 0.2) is 231 Å². The van der Waals surface area contributed by atoms with E-state index in [-0.39, 0.29) is 0 Å². The maximum Gasteiger partial charge on any atom is 0.173 e. The number of hydrogen-bond acceptors (Lipinski definition) is 2. The van der Waals surface area contributed by atoms with Crippen molar-refractivity contribution >= 4 is 89.7 Å². The zero-order valence-electron chi connectivity index (χ0n) is 32.5. The molecule has 6 heteroatoms. The minimum absolute atomic E-state index is 0.715. The molecule has 0 saturated carbocycles. The van der Waals surface area contributed by atoms with Gasteiger partial charge in [-0.15, -0.1) is 0 Å². The molecular weight excluding hydrogens is 771 g/mol. The summed E-state index contributed by atoms with van der Waals surface area (Å²) in [5.41, 5.74) is 5.27. The molecule has 0 saturated heterocycles. The van der Waals surface area contributed by atoms with Gasteiger partial charge in [-0.3, -0.25) is 0 Å². The van der Waals surface area contributed by atoms with E-state index in [1.54, 1.807) is 0 Å². The summed E-state index contributed by atoms with van der Waals surface area (Å²) < 4.78 is 39.6. The molecular formula is C54H38N2O2P2. The highest BCUT2D eigenvalue weighted by atomic mass is 31.2. The van der Waals surface area contributed by atoms with Gasteiger partial charge >= 0.3 is 0 Å². The van der Waals surface area contributed by atoms with E-state index in [1.165, 1.54) is 0 Å². The van der Waals surface area contributed by atoms with E-state index in [9.17, 15) is 0 Å². The summed E-state index contributed by atoms with van der Waals surface area (Å²) in [5, 5.41) is 7.83. The number of hydrogen-bond donors (Lipinski definition) is 0. The zero-order valence-corrected chi connectivity index (χ0v) is 34.3. The van der Waals surface area contributed by atoms with Crippen LogP contribution in [0.2, 0.25) is 0 Å². The van der Waals surface area contributed by atoms with Crippen molar-refractivity contribution < 1.29 is 9.13 Å². The van der Waals surface area contributed by atoms with E-state index in [2.05, 4.69) is 81.9 Å². The molecule has 0 atom stereocenters. The number of fused-ring (bicyclic) bond motifs is 6. The van der Waals surface area contributed by atoms with Crippen LogP contribution in [0, 0.1) is 0 Å². The van der Waals surface area contributed by atoms with Gasteiger partial charge in [-0.2, -0.15) is 0 Å². The Morgan fingerprint density at radius 1 is 0.283 bits per heavy atom. The fourth-order valence-corrected chi connectivity index (χ4v) is 15.4. The summed E-state index contributed by atoms with van der Waals surface area (Å²) in [6.45, 7) is 0. The summed E-state index contributed by atoms with van der Waals surface area (Å²) in [7, 11) is -7.59. The second-order valence-corrected chi connectivity index (χ2v) is 20.5. The van der Waals surface area contributed by atoms with Crippen molar-refractivity contribution in [2.75, 3.05) is 0 Å². The van der Waals surface area contributed by atoms with E-state index >= 15 is 9.13 Å². The van der Waals surface area contributed by atoms with Crippen molar-refractivity contribution in [1.82, 2.24) is 9.13 Å². The van der Waals surface area contributed by atoms with Crippen molar-refractivity contribution in [1.29, 1.82) is 0 Å². The maximum absolute atomic E-state index is 17.5. The topological polar surface area (TPSA) is 44.0 Å². The Bertz CT molecular complexity index is 3140. The number of para-hydroxylation sites is 4. The Labute approximate surface area is 348 Å². The van der Waals surface area contributed by atoms with Gasteiger partial charge < -0.3 is 18.3 Å². The Balaban J connectivity index is 1.54. The largest absolute Gasteiger partial charge is 0.309 e. The van der Waals surface area contributed by atoms with Gasteiger partial charge in [-0.05, 0) is 36.4 Å². The molecule has 286 valence electrons. The summed E-state index contributed by atoms with van der Waals surface area (Å²) in [4.78, 5) is 0. The lowest BCUT2D eigenvalue weighted by molar-refractivity contribution is 0.591. The third-order valence-corrected chi connectivity index (χ3v) is 18.0. The Morgan fingerprint density at radius 3 is 0.833 bits per heavy atom. The number of aromatic nitrogens is 2. The van der Waals surface area contributed by atoms with Crippen molar-refractivity contribution in [3.63, 3.8) is 0 Å². The Morgan fingerprint density at radius 2 is 0.533 bits per heavy atom. The van der Waals surface area contributed by atoms with Crippen LogP contribution in [0.25, 0.3) is 55.0 Å². The minimum Gasteiger partial charge on any atom is -0.309 e. The fraction of sp³-hybridized carbons (Fsp3) is 0. The molecule has 60 heavy (non-hydrogen) atoms. The average molecular weight is 809 g/mol.